The number of anilines is 2. The maximum atomic E-state index is 4.96. The number of hydrogen-bond donors (Lipinski definition) is 2. The molecule has 1 fully saturated rings. The zero-order valence-electron chi connectivity index (χ0n) is 19.6. The van der Waals surface area contributed by atoms with Crippen molar-refractivity contribution in [3.8, 4) is 22.6 Å². The molecule has 172 valence electrons. The van der Waals surface area contributed by atoms with Gasteiger partial charge in [-0.25, -0.2) is 9.97 Å². The van der Waals surface area contributed by atoms with E-state index < -0.39 is 0 Å². The Hall–Kier alpha value is -3.98. The standard InChI is InChI=1S/C25H27N9/c1-32(2)18-12-17(14-26-15-18)16-4-5-20-19(13-16)22(31-30-20)24-28-21-6-7-27-25(23(21)29-24)34-10-8-33(3)9-11-34/h4-7,12-15H,8-11H2,1-3H3,(H,28,29)(H,30,31). The number of imidazole rings is 1. The van der Waals surface area contributed by atoms with Crippen molar-refractivity contribution in [2.24, 2.45) is 0 Å². The van der Waals surface area contributed by atoms with Crippen LogP contribution in [0.15, 0.2) is 48.9 Å². The largest absolute Gasteiger partial charge is 0.376 e. The van der Waals surface area contributed by atoms with Gasteiger partial charge >= 0.3 is 0 Å². The van der Waals surface area contributed by atoms with Crippen molar-refractivity contribution in [3.63, 3.8) is 0 Å². The Morgan fingerprint density at radius 1 is 0.941 bits per heavy atom. The highest BCUT2D eigenvalue weighted by Crippen LogP contribution is 2.32. The molecule has 0 bridgehead atoms. The molecule has 9 heteroatoms. The second-order valence-corrected chi connectivity index (χ2v) is 9.07. The van der Waals surface area contributed by atoms with Gasteiger partial charge in [-0.15, -0.1) is 0 Å². The third-order valence-electron chi connectivity index (χ3n) is 6.55. The molecule has 0 atom stereocenters. The van der Waals surface area contributed by atoms with Crippen LogP contribution in [0.4, 0.5) is 11.5 Å². The predicted molar refractivity (Wildman–Crippen MR) is 136 cm³/mol. The van der Waals surface area contributed by atoms with Crippen LogP contribution in [-0.4, -0.2) is 82.4 Å². The van der Waals surface area contributed by atoms with E-state index in [0.717, 1.165) is 82.3 Å². The number of pyridine rings is 2. The van der Waals surface area contributed by atoms with Gasteiger partial charge in [0, 0.05) is 63.6 Å². The average Bonchev–Trinajstić information content (AvgIpc) is 3.48. The molecular formula is C25H27N9. The minimum absolute atomic E-state index is 0.738. The van der Waals surface area contributed by atoms with E-state index in [0.29, 0.717) is 0 Å². The number of nitrogens with one attached hydrogen (secondary N) is 2. The molecule has 0 amide bonds. The van der Waals surface area contributed by atoms with Crippen molar-refractivity contribution in [2.45, 2.75) is 0 Å². The van der Waals surface area contributed by atoms with Gasteiger partial charge < -0.3 is 19.7 Å². The summed E-state index contributed by atoms with van der Waals surface area (Å²) in [7, 11) is 6.19. The molecule has 1 aliphatic rings. The molecule has 6 rings (SSSR count). The summed E-state index contributed by atoms with van der Waals surface area (Å²) in [5.41, 5.74) is 6.83. The van der Waals surface area contributed by atoms with Gasteiger partial charge in [0.2, 0.25) is 0 Å². The Morgan fingerprint density at radius 3 is 2.62 bits per heavy atom. The van der Waals surface area contributed by atoms with Crippen LogP contribution in [0.1, 0.15) is 0 Å². The summed E-state index contributed by atoms with van der Waals surface area (Å²) in [5, 5.41) is 8.78. The summed E-state index contributed by atoms with van der Waals surface area (Å²) in [4.78, 5) is 24.2. The zero-order chi connectivity index (χ0) is 23.2. The minimum atomic E-state index is 0.738. The SMILES string of the molecule is CN1CCN(c2nccc3[nH]c(-c4n[nH]c5ccc(-c6cncc(N(C)C)c6)cc45)nc23)CC1. The van der Waals surface area contributed by atoms with Crippen LogP contribution >= 0.6 is 0 Å². The quantitative estimate of drug-likeness (QED) is 0.431. The first kappa shape index (κ1) is 20.6. The summed E-state index contributed by atoms with van der Waals surface area (Å²) in [5.74, 6) is 1.67. The summed E-state index contributed by atoms with van der Waals surface area (Å²) in [6.45, 7) is 3.93. The summed E-state index contributed by atoms with van der Waals surface area (Å²) < 4.78 is 0. The smallest absolute Gasteiger partial charge is 0.159 e. The van der Waals surface area contributed by atoms with Crippen molar-refractivity contribution in [1.29, 1.82) is 0 Å². The third-order valence-corrected chi connectivity index (χ3v) is 6.55. The lowest BCUT2D eigenvalue weighted by molar-refractivity contribution is 0.312. The van der Waals surface area contributed by atoms with Crippen LogP contribution in [0, 0.1) is 0 Å². The molecular weight excluding hydrogens is 426 g/mol. The number of fused-ring (bicyclic) bond motifs is 2. The highest BCUT2D eigenvalue weighted by Gasteiger charge is 2.21. The maximum absolute atomic E-state index is 4.96. The van der Waals surface area contributed by atoms with Crippen LogP contribution in [0.5, 0.6) is 0 Å². The van der Waals surface area contributed by atoms with Crippen molar-refractivity contribution in [3.05, 3.63) is 48.9 Å². The molecule has 1 saturated heterocycles. The summed E-state index contributed by atoms with van der Waals surface area (Å²) >= 11 is 0. The first-order valence-corrected chi connectivity index (χ1v) is 11.5. The Morgan fingerprint density at radius 2 is 1.79 bits per heavy atom. The molecule has 2 N–H and O–H groups in total. The number of H-pyrrole nitrogens is 2. The molecule has 4 aromatic heterocycles. The van der Waals surface area contributed by atoms with Crippen molar-refractivity contribution < 1.29 is 0 Å². The van der Waals surface area contributed by atoms with E-state index in [4.69, 9.17) is 4.98 Å². The van der Waals surface area contributed by atoms with Gasteiger partial charge in [0.05, 0.1) is 22.9 Å². The highest BCUT2D eigenvalue weighted by atomic mass is 15.3. The monoisotopic (exact) mass is 453 g/mol. The van der Waals surface area contributed by atoms with Crippen molar-refractivity contribution >= 4 is 33.4 Å². The molecule has 5 heterocycles. The van der Waals surface area contributed by atoms with Crippen LogP contribution in [0.3, 0.4) is 0 Å². The summed E-state index contributed by atoms with van der Waals surface area (Å²) in [6, 6.07) is 10.4. The number of aromatic amines is 2. The first-order chi connectivity index (χ1) is 16.6. The normalized spacial score (nSPS) is 14.9. The van der Waals surface area contributed by atoms with E-state index in [1.807, 2.05) is 38.8 Å². The molecule has 34 heavy (non-hydrogen) atoms. The molecule has 0 radical (unpaired) electrons. The fraction of sp³-hybridized carbons (Fsp3) is 0.280. The van der Waals surface area contributed by atoms with E-state index in [9.17, 15) is 0 Å². The third kappa shape index (κ3) is 3.54. The molecule has 5 aromatic rings. The maximum Gasteiger partial charge on any atom is 0.159 e. The van der Waals surface area contributed by atoms with Gasteiger partial charge in [-0.2, -0.15) is 5.10 Å². The van der Waals surface area contributed by atoms with E-state index in [1.54, 1.807) is 0 Å². The number of likely N-dealkylation sites (N-methyl/N-ethyl adjacent to an activating group) is 1. The second kappa shape index (κ2) is 8.11. The lowest BCUT2D eigenvalue weighted by atomic mass is 10.0. The number of benzene rings is 1. The number of rotatable bonds is 4. The zero-order valence-corrected chi connectivity index (χ0v) is 19.6. The fourth-order valence-electron chi connectivity index (χ4n) is 4.49. The Kier molecular flexibility index (Phi) is 4.91. The fourth-order valence-corrected chi connectivity index (χ4v) is 4.49. The van der Waals surface area contributed by atoms with Gasteiger partial charge in [0.25, 0.3) is 0 Å². The van der Waals surface area contributed by atoms with Gasteiger partial charge in [-0.3, -0.25) is 10.1 Å². The van der Waals surface area contributed by atoms with E-state index >= 15 is 0 Å². The molecule has 1 aliphatic heterocycles. The minimum Gasteiger partial charge on any atom is -0.376 e. The van der Waals surface area contributed by atoms with Crippen LogP contribution < -0.4 is 9.80 Å². The van der Waals surface area contributed by atoms with Gasteiger partial charge in [0.15, 0.2) is 11.6 Å². The highest BCUT2D eigenvalue weighted by molar-refractivity contribution is 5.97. The Balaban J connectivity index is 1.42. The van der Waals surface area contributed by atoms with Gasteiger partial charge in [-0.05, 0) is 36.9 Å². The van der Waals surface area contributed by atoms with E-state index in [1.165, 1.54) is 0 Å². The number of nitrogens with zero attached hydrogens (tertiary/aromatic N) is 7. The lowest BCUT2D eigenvalue weighted by Gasteiger charge is -2.33. The van der Waals surface area contributed by atoms with Crippen LogP contribution in [-0.2, 0) is 0 Å². The van der Waals surface area contributed by atoms with Crippen molar-refractivity contribution in [1.82, 2.24) is 35.0 Å². The predicted octanol–water partition coefficient (Wildman–Crippen LogP) is 3.38. The topological polar surface area (TPSA) is 92.9 Å². The summed E-state index contributed by atoms with van der Waals surface area (Å²) in [6.07, 6.45) is 5.61. The number of piperazine rings is 1. The van der Waals surface area contributed by atoms with Gasteiger partial charge in [-0.1, -0.05) is 6.07 Å². The molecule has 0 spiro atoms. The second-order valence-electron chi connectivity index (χ2n) is 9.07. The molecule has 0 unspecified atom stereocenters. The van der Waals surface area contributed by atoms with Crippen LogP contribution in [0.25, 0.3) is 44.6 Å². The molecule has 0 aliphatic carbocycles. The van der Waals surface area contributed by atoms with E-state index in [-0.39, 0.29) is 0 Å². The van der Waals surface area contributed by atoms with Crippen LogP contribution in [0.2, 0.25) is 0 Å². The first-order valence-electron chi connectivity index (χ1n) is 11.5. The molecule has 9 nitrogen and oxygen atoms in total. The lowest BCUT2D eigenvalue weighted by Crippen LogP contribution is -2.44. The number of aromatic nitrogens is 6. The number of hydrogen-bond acceptors (Lipinski definition) is 7. The van der Waals surface area contributed by atoms with E-state index in [2.05, 4.69) is 71.2 Å². The Bertz CT molecular complexity index is 1470. The molecule has 0 saturated carbocycles. The molecule has 1 aromatic carbocycles. The Labute approximate surface area is 197 Å². The average molecular weight is 454 g/mol. The van der Waals surface area contributed by atoms with Gasteiger partial charge in [0.1, 0.15) is 11.2 Å². The van der Waals surface area contributed by atoms with Crippen molar-refractivity contribution in [2.75, 3.05) is 57.1 Å².